The summed E-state index contributed by atoms with van der Waals surface area (Å²) >= 11 is 0. The minimum atomic E-state index is -0.225. The highest BCUT2D eigenvalue weighted by molar-refractivity contribution is 5.98. The number of hydrogen-bond acceptors (Lipinski definition) is 1. The number of nitrogens with zero attached hydrogens (tertiary/aromatic N) is 1. The first kappa shape index (κ1) is 14.1. The van der Waals surface area contributed by atoms with Crippen LogP contribution in [-0.4, -0.2) is 10.4 Å². The van der Waals surface area contributed by atoms with Crippen molar-refractivity contribution in [2.45, 2.75) is 39.7 Å². The fourth-order valence-electron chi connectivity index (χ4n) is 3.26. The van der Waals surface area contributed by atoms with Gasteiger partial charge in [-0.1, -0.05) is 26.0 Å². The van der Waals surface area contributed by atoms with Crippen molar-refractivity contribution in [1.29, 1.82) is 0 Å². The maximum atomic E-state index is 13.4. The van der Waals surface area contributed by atoms with Gasteiger partial charge in [-0.3, -0.25) is 4.79 Å². The third-order valence-corrected chi connectivity index (χ3v) is 4.36. The quantitative estimate of drug-likeness (QED) is 0.802. The first-order valence-corrected chi connectivity index (χ1v) is 7.36. The highest BCUT2D eigenvalue weighted by Crippen LogP contribution is 2.37. The lowest BCUT2D eigenvalue weighted by Gasteiger charge is -2.31. The monoisotopic (exact) mass is 285 g/mol. The van der Waals surface area contributed by atoms with E-state index in [1.807, 2.05) is 25.3 Å². The van der Waals surface area contributed by atoms with Crippen LogP contribution in [-0.2, 0) is 6.42 Å². The zero-order valence-corrected chi connectivity index (χ0v) is 12.7. The molecule has 0 amide bonds. The number of halogens is 1. The molecule has 110 valence electrons. The Morgan fingerprint density at radius 2 is 2.00 bits per heavy atom. The van der Waals surface area contributed by atoms with Gasteiger partial charge in [0.15, 0.2) is 5.78 Å². The molecular weight excluding hydrogens is 265 g/mol. The van der Waals surface area contributed by atoms with Crippen molar-refractivity contribution in [3.05, 3.63) is 59.2 Å². The van der Waals surface area contributed by atoms with Crippen LogP contribution in [0.2, 0.25) is 0 Å². The number of carbonyl (C=O) groups is 1. The number of benzene rings is 1. The fourth-order valence-corrected chi connectivity index (χ4v) is 3.26. The van der Waals surface area contributed by atoms with Gasteiger partial charge in [0.25, 0.3) is 0 Å². The fraction of sp³-hybridized carbons (Fsp3) is 0.389. The molecule has 1 atom stereocenters. The molecule has 21 heavy (non-hydrogen) atoms. The molecule has 0 aliphatic heterocycles. The second-order valence-corrected chi connectivity index (χ2v) is 6.76. The van der Waals surface area contributed by atoms with Crippen molar-refractivity contribution < 1.29 is 9.18 Å². The molecule has 0 fully saturated rings. The molecule has 1 unspecified atom stereocenters. The van der Waals surface area contributed by atoms with E-state index in [1.165, 1.54) is 6.07 Å². The Balaban J connectivity index is 2.03. The van der Waals surface area contributed by atoms with Gasteiger partial charge in [-0.15, -0.1) is 0 Å². The Bertz CT molecular complexity index is 699. The lowest BCUT2D eigenvalue weighted by molar-refractivity contribution is 0.0909. The number of aromatic nitrogens is 1. The smallest absolute Gasteiger partial charge is 0.165 e. The lowest BCUT2D eigenvalue weighted by atomic mass is 9.76. The first-order valence-electron chi connectivity index (χ1n) is 7.36. The molecule has 3 heteroatoms. The van der Waals surface area contributed by atoms with Crippen molar-refractivity contribution in [3.8, 4) is 0 Å². The van der Waals surface area contributed by atoms with Crippen LogP contribution in [0.4, 0.5) is 4.39 Å². The van der Waals surface area contributed by atoms with E-state index in [2.05, 4.69) is 18.4 Å². The summed E-state index contributed by atoms with van der Waals surface area (Å²) in [7, 11) is 0. The molecule has 0 saturated carbocycles. The average molecular weight is 285 g/mol. The van der Waals surface area contributed by atoms with Gasteiger partial charge in [0.2, 0.25) is 0 Å². The maximum Gasteiger partial charge on any atom is 0.165 e. The molecular formula is C18H20FNO. The summed E-state index contributed by atoms with van der Waals surface area (Å²) in [5, 5.41) is 0. The van der Waals surface area contributed by atoms with Crippen LogP contribution in [0.25, 0.3) is 0 Å². The van der Waals surface area contributed by atoms with Crippen LogP contribution in [0.1, 0.15) is 54.8 Å². The number of hydrogen-bond donors (Lipinski definition) is 0. The number of rotatable bonds is 2. The van der Waals surface area contributed by atoms with Crippen LogP contribution >= 0.6 is 0 Å². The average Bonchev–Trinajstić information content (AvgIpc) is 2.80. The zero-order chi connectivity index (χ0) is 15.2. The van der Waals surface area contributed by atoms with Crippen LogP contribution in [0.5, 0.6) is 0 Å². The van der Waals surface area contributed by atoms with Gasteiger partial charge in [0.05, 0.1) is 6.04 Å². The predicted octanol–water partition coefficient (Wildman–Crippen LogP) is 4.39. The number of fused-ring (bicyclic) bond motifs is 1. The summed E-state index contributed by atoms with van der Waals surface area (Å²) in [5.74, 6) is -0.0109. The Morgan fingerprint density at radius 3 is 2.71 bits per heavy atom. The first-order chi connectivity index (χ1) is 9.87. The van der Waals surface area contributed by atoms with Crippen molar-refractivity contribution in [3.63, 3.8) is 0 Å². The van der Waals surface area contributed by atoms with E-state index in [4.69, 9.17) is 0 Å². The largest absolute Gasteiger partial charge is 0.344 e. The maximum absolute atomic E-state index is 13.4. The van der Waals surface area contributed by atoms with E-state index in [-0.39, 0.29) is 23.1 Å². The number of ketones is 1. The molecule has 3 rings (SSSR count). The van der Waals surface area contributed by atoms with E-state index in [1.54, 1.807) is 12.1 Å². The molecule has 1 aliphatic rings. The minimum Gasteiger partial charge on any atom is -0.344 e. The molecule has 0 spiro atoms. The van der Waals surface area contributed by atoms with Gasteiger partial charge in [-0.2, -0.15) is 0 Å². The summed E-state index contributed by atoms with van der Waals surface area (Å²) in [6.45, 7) is 6.29. The number of carbonyl (C=O) groups excluding carboxylic acids is 1. The van der Waals surface area contributed by atoms with Crippen molar-refractivity contribution in [1.82, 2.24) is 4.57 Å². The van der Waals surface area contributed by atoms with Crippen molar-refractivity contribution >= 4 is 5.78 Å². The van der Waals surface area contributed by atoms with Crippen LogP contribution < -0.4 is 0 Å². The summed E-state index contributed by atoms with van der Waals surface area (Å²) in [4.78, 5) is 12.3. The summed E-state index contributed by atoms with van der Waals surface area (Å²) in [6.07, 6.45) is 3.43. The molecule has 1 heterocycles. The summed E-state index contributed by atoms with van der Waals surface area (Å²) < 4.78 is 15.5. The topological polar surface area (TPSA) is 22.0 Å². The summed E-state index contributed by atoms with van der Waals surface area (Å²) in [5.41, 5.74) is 2.82. The van der Waals surface area contributed by atoms with E-state index >= 15 is 0 Å². The highest BCUT2D eigenvalue weighted by atomic mass is 19.1. The third kappa shape index (κ3) is 2.53. The second kappa shape index (κ2) is 4.83. The lowest BCUT2D eigenvalue weighted by Crippen LogP contribution is -2.28. The van der Waals surface area contributed by atoms with E-state index < -0.39 is 0 Å². The van der Waals surface area contributed by atoms with Gasteiger partial charge in [-0.05, 0) is 42.5 Å². The van der Waals surface area contributed by atoms with E-state index in [0.717, 1.165) is 23.2 Å². The third-order valence-electron chi connectivity index (χ3n) is 4.36. The minimum absolute atomic E-state index is 0.0121. The van der Waals surface area contributed by atoms with Gasteiger partial charge in [-0.25, -0.2) is 4.39 Å². The Labute approximate surface area is 124 Å². The SMILES string of the molecule is CC(c1cccc(F)c1)n1ccc2c1CC(C)(C)CC2=O. The number of Topliss-reactive ketones (excluding diaryl/α,β-unsaturated/α-hetero) is 1. The van der Waals surface area contributed by atoms with Gasteiger partial charge in [0, 0.05) is 23.9 Å². The molecule has 1 aromatic carbocycles. The van der Waals surface area contributed by atoms with Crippen LogP contribution in [0, 0.1) is 11.2 Å². The van der Waals surface area contributed by atoms with Gasteiger partial charge >= 0.3 is 0 Å². The Morgan fingerprint density at radius 1 is 1.24 bits per heavy atom. The molecule has 0 N–H and O–H groups in total. The van der Waals surface area contributed by atoms with E-state index in [0.29, 0.717) is 6.42 Å². The molecule has 0 saturated heterocycles. The molecule has 0 bridgehead atoms. The summed E-state index contributed by atoms with van der Waals surface area (Å²) in [6, 6.07) is 8.59. The standard InChI is InChI=1S/C18H20FNO/c1-12(13-5-4-6-14(19)9-13)20-8-7-15-16(20)10-18(2,3)11-17(15)21/h4-9,12H,10-11H2,1-3H3. The van der Waals surface area contributed by atoms with Gasteiger partial charge in [0.1, 0.15) is 5.82 Å². The second-order valence-electron chi connectivity index (χ2n) is 6.76. The zero-order valence-electron chi connectivity index (χ0n) is 12.7. The van der Waals surface area contributed by atoms with Crippen molar-refractivity contribution in [2.24, 2.45) is 5.41 Å². The molecule has 1 aromatic heterocycles. The highest BCUT2D eigenvalue weighted by Gasteiger charge is 2.33. The molecule has 1 aliphatic carbocycles. The Kier molecular flexibility index (Phi) is 3.23. The molecule has 0 radical (unpaired) electrons. The molecule has 2 aromatic rings. The van der Waals surface area contributed by atoms with Crippen LogP contribution in [0.3, 0.4) is 0 Å². The van der Waals surface area contributed by atoms with E-state index in [9.17, 15) is 9.18 Å². The normalized spacial score (nSPS) is 18.4. The van der Waals surface area contributed by atoms with Crippen molar-refractivity contribution in [2.75, 3.05) is 0 Å². The Hall–Kier alpha value is -1.90. The van der Waals surface area contributed by atoms with Crippen LogP contribution in [0.15, 0.2) is 36.5 Å². The predicted molar refractivity (Wildman–Crippen MR) is 81.1 cm³/mol. The van der Waals surface area contributed by atoms with Gasteiger partial charge < -0.3 is 4.57 Å². The molecule has 2 nitrogen and oxygen atoms in total.